The van der Waals surface area contributed by atoms with Crippen LogP contribution >= 0.6 is 0 Å². The molecule has 1 heterocycles. The van der Waals surface area contributed by atoms with E-state index in [2.05, 4.69) is 30.9 Å². The summed E-state index contributed by atoms with van der Waals surface area (Å²) < 4.78 is 0. The van der Waals surface area contributed by atoms with E-state index in [1.54, 1.807) is 0 Å². The highest BCUT2D eigenvalue weighted by Crippen LogP contribution is 1.98. The number of rotatable bonds is 10. The summed E-state index contributed by atoms with van der Waals surface area (Å²) >= 11 is 0. The molecule has 1 rings (SSSR count). The lowest BCUT2D eigenvalue weighted by atomic mass is 10.2. The summed E-state index contributed by atoms with van der Waals surface area (Å²) in [4.78, 5) is 48.3. The van der Waals surface area contributed by atoms with Gasteiger partial charge in [0.2, 0.25) is 29.6 Å². The maximum atomic E-state index is 12.1. The van der Waals surface area contributed by atoms with Gasteiger partial charge in [0.25, 0.3) is 0 Å². The molecule has 1 aliphatic heterocycles. The predicted molar refractivity (Wildman–Crippen MR) is 120 cm³/mol. The zero-order valence-electron chi connectivity index (χ0n) is 17.5. The fourth-order valence-corrected chi connectivity index (χ4v) is 2.20. The Morgan fingerprint density at radius 3 is 1.72 bits per heavy atom. The number of guanidine groups is 2. The van der Waals surface area contributed by atoms with Crippen molar-refractivity contribution in [3.63, 3.8) is 0 Å². The van der Waals surface area contributed by atoms with Crippen molar-refractivity contribution < 1.29 is 14.4 Å². The third-order valence-corrected chi connectivity index (χ3v) is 3.71. The Bertz CT molecular complexity index is 874. The molecule has 0 radical (unpaired) electrons. The molecule has 0 unspecified atom stereocenters. The van der Waals surface area contributed by atoms with Gasteiger partial charge >= 0.3 is 0 Å². The molecule has 0 fully saturated rings. The van der Waals surface area contributed by atoms with Crippen LogP contribution in [0.2, 0.25) is 0 Å². The van der Waals surface area contributed by atoms with Crippen molar-refractivity contribution in [1.29, 1.82) is 16.2 Å². The largest absolute Gasteiger partial charge is 0.388 e. The van der Waals surface area contributed by atoms with Crippen molar-refractivity contribution in [2.45, 2.75) is 44.9 Å². The Hall–Kier alpha value is -4.17. The number of nitrogens with two attached hydrogens (primary N) is 3. The fourth-order valence-electron chi connectivity index (χ4n) is 2.20. The van der Waals surface area contributed by atoms with Gasteiger partial charge in [0.15, 0.2) is 0 Å². The van der Waals surface area contributed by atoms with Crippen molar-refractivity contribution in [1.82, 2.24) is 16.0 Å². The van der Waals surface area contributed by atoms with Crippen LogP contribution in [0.5, 0.6) is 0 Å². The molecular weight excluding hydrogens is 420 g/mol. The Kier molecular flexibility index (Phi) is 10.7. The standard InChI is InChI=1S/C17H28N12O3/c18-9(19)2-1-3-13(30)25-12-8-24-16(27-14(31)6-4-10(20)21)29-17(26-12)28-15(32)7-5-11(22)23/h1-8H2,(H3,18,19)(H3,20,21)(H3,22,23)(H3,24,25,26,27,28,29,30,31,32). The molecule has 174 valence electrons. The minimum absolute atomic E-state index is 0.0259. The minimum atomic E-state index is -0.529. The molecule has 32 heavy (non-hydrogen) atoms. The first-order chi connectivity index (χ1) is 15.0. The molecule has 1 aliphatic rings. The van der Waals surface area contributed by atoms with Gasteiger partial charge in [-0.15, -0.1) is 0 Å². The predicted octanol–water partition coefficient (Wildman–Crippen LogP) is -2.00. The van der Waals surface area contributed by atoms with Crippen LogP contribution in [0.3, 0.4) is 0 Å². The number of nitrogens with one attached hydrogen (secondary N) is 6. The van der Waals surface area contributed by atoms with Crippen LogP contribution in [-0.2, 0) is 14.4 Å². The highest BCUT2D eigenvalue weighted by atomic mass is 16.2. The van der Waals surface area contributed by atoms with Crippen LogP contribution in [0.25, 0.3) is 0 Å². The monoisotopic (exact) mass is 448 g/mol. The number of carbonyl (C=O) groups excluding carboxylic acids is 3. The average Bonchev–Trinajstić information content (AvgIpc) is 2.86. The zero-order valence-corrected chi connectivity index (χ0v) is 17.5. The Morgan fingerprint density at radius 1 is 0.688 bits per heavy atom. The second-order valence-electron chi connectivity index (χ2n) is 6.71. The van der Waals surface area contributed by atoms with Crippen LogP contribution in [0.1, 0.15) is 44.9 Å². The molecule has 0 bridgehead atoms. The fraction of sp³-hybridized carbons (Fsp3) is 0.471. The number of carbonyl (C=O) groups is 3. The van der Waals surface area contributed by atoms with E-state index >= 15 is 0 Å². The SMILES string of the molecule is N=C(N)CCCC(=O)NC1=NC(NC(=O)CCC(=N)N)=NC(NC(=O)CCC(=N)N)=NC1. The molecule has 15 heteroatoms. The molecule has 0 saturated carbocycles. The summed E-state index contributed by atoms with van der Waals surface area (Å²) in [5, 5.41) is 28.9. The lowest BCUT2D eigenvalue weighted by molar-refractivity contribution is -0.120. The Balaban J connectivity index is 2.89. The maximum absolute atomic E-state index is 12.1. The van der Waals surface area contributed by atoms with E-state index in [4.69, 9.17) is 33.4 Å². The molecule has 12 N–H and O–H groups in total. The van der Waals surface area contributed by atoms with Gasteiger partial charge < -0.3 is 22.5 Å². The maximum Gasteiger partial charge on any atom is 0.234 e. The van der Waals surface area contributed by atoms with Gasteiger partial charge in [0.1, 0.15) is 12.4 Å². The summed E-state index contributed by atoms with van der Waals surface area (Å²) in [6, 6.07) is 0. The van der Waals surface area contributed by atoms with Gasteiger partial charge in [0, 0.05) is 38.5 Å². The molecule has 0 saturated heterocycles. The zero-order chi connectivity index (χ0) is 24.1. The third-order valence-electron chi connectivity index (χ3n) is 3.71. The first-order valence-electron chi connectivity index (χ1n) is 9.64. The molecule has 0 aromatic carbocycles. The first kappa shape index (κ1) is 25.9. The lowest BCUT2D eigenvalue weighted by Gasteiger charge is -2.07. The highest BCUT2D eigenvalue weighted by molar-refractivity contribution is 6.14. The second kappa shape index (κ2) is 13.2. The van der Waals surface area contributed by atoms with E-state index in [-0.39, 0.29) is 80.3 Å². The summed E-state index contributed by atoms with van der Waals surface area (Å²) in [7, 11) is 0. The number of amides is 3. The van der Waals surface area contributed by atoms with E-state index < -0.39 is 17.7 Å². The quantitative estimate of drug-likeness (QED) is 0.134. The molecule has 0 aromatic rings. The number of nitrogens with zero attached hydrogens (tertiary/aromatic N) is 3. The van der Waals surface area contributed by atoms with Crippen molar-refractivity contribution in [3.8, 4) is 0 Å². The molecule has 0 atom stereocenters. The van der Waals surface area contributed by atoms with Gasteiger partial charge in [-0.1, -0.05) is 0 Å². The highest BCUT2D eigenvalue weighted by Gasteiger charge is 2.16. The molecule has 0 aromatic heterocycles. The number of hydrogen-bond acceptors (Lipinski definition) is 9. The van der Waals surface area contributed by atoms with Crippen LogP contribution in [0.4, 0.5) is 0 Å². The van der Waals surface area contributed by atoms with E-state index in [1.807, 2.05) is 0 Å². The van der Waals surface area contributed by atoms with E-state index in [0.717, 1.165) is 0 Å². The summed E-state index contributed by atoms with van der Waals surface area (Å²) in [5.41, 5.74) is 15.7. The lowest BCUT2D eigenvalue weighted by Crippen LogP contribution is -2.36. The molecule has 15 nitrogen and oxygen atoms in total. The van der Waals surface area contributed by atoms with Gasteiger partial charge in [-0.25, -0.2) is 4.99 Å². The Morgan fingerprint density at radius 2 is 1.19 bits per heavy atom. The van der Waals surface area contributed by atoms with Gasteiger partial charge in [-0.3, -0.25) is 41.2 Å². The number of amidine groups is 4. The van der Waals surface area contributed by atoms with Crippen molar-refractivity contribution in [3.05, 3.63) is 0 Å². The summed E-state index contributed by atoms with van der Waals surface area (Å²) in [5.74, 6) is -2.05. The average molecular weight is 448 g/mol. The van der Waals surface area contributed by atoms with Gasteiger partial charge in [0.05, 0.1) is 17.5 Å². The summed E-state index contributed by atoms with van der Waals surface area (Å²) in [6.07, 6.45) is 0.666. The van der Waals surface area contributed by atoms with Crippen LogP contribution in [0.15, 0.2) is 15.0 Å². The van der Waals surface area contributed by atoms with Crippen molar-refractivity contribution >= 4 is 53.0 Å². The van der Waals surface area contributed by atoms with Crippen LogP contribution in [-0.4, -0.2) is 59.5 Å². The van der Waals surface area contributed by atoms with Gasteiger partial charge in [-0.2, -0.15) is 9.98 Å². The normalized spacial score (nSPS) is 12.9. The Labute approximate surface area is 183 Å². The molecule has 3 amide bonds. The van der Waals surface area contributed by atoms with Crippen molar-refractivity contribution in [2.75, 3.05) is 6.54 Å². The summed E-state index contributed by atoms with van der Waals surface area (Å²) in [6.45, 7) is -0.142. The first-order valence-corrected chi connectivity index (χ1v) is 9.64. The van der Waals surface area contributed by atoms with Crippen LogP contribution in [0, 0.1) is 16.2 Å². The number of aliphatic imine (C=N–C) groups is 3. The van der Waals surface area contributed by atoms with Gasteiger partial charge in [-0.05, 0) is 6.42 Å². The smallest absolute Gasteiger partial charge is 0.234 e. The molecule has 0 aliphatic carbocycles. The third kappa shape index (κ3) is 11.7. The van der Waals surface area contributed by atoms with Crippen molar-refractivity contribution in [2.24, 2.45) is 32.2 Å². The topological polar surface area (TPSA) is 274 Å². The van der Waals surface area contributed by atoms with E-state index in [1.165, 1.54) is 0 Å². The second-order valence-corrected chi connectivity index (χ2v) is 6.71. The molecule has 0 spiro atoms. The number of hydrogen-bond donors (Lipinski definition) is 9. The van der Waals surface area contributed by atoms with E-state index in [0.29, 0.717) is 6.42 Å². The van der Waals surface area contributed by atoms with Crippen LogP contribution < -0.4 is 33.2 Å². The minimum Gasteiger partial charge on any atom is -0.388 e. The molecular formula is C17H28N12O3. The van der Waals surface area contributed by atoms with E-state index in [9.17, 15) is 14.4 Å².